The van der Waals surface area contributed by atoms with Crippen molar-refractivity contribution in [1.82, 2.24) is 0 Å². The summed E-state index contributed by atoms with van der Waals surface area (Å²) in [5, 5.41) is 8.72. The number of allylic oxidation sites excluding steroid dienone is 2. The number of nitriles is 1. The van der Waals surface area contributed by atoms with Gasteiger partial charge in [-0.25, -0.2) is 4.79 Å². The number of esters is 1. The maximum atomic E-state index is 12.0. The topological polar surface area (TPSA) is 67.2 Å². The van der Waals surface area contributed by atoms with Gasteiger partial charge in [0.25, 0.3) is 0 Å². The molecule has 1 fully saturated rings. The molecule has 0 aliphatic heterocycles. The molecule has 108 valence electrons. The number of benzene rings is 1. The second kappa shape index (κ2) is 7.39. The van der Waals surface area contributed by atoms with E-state index < -0.39 is 0 Å². The van der Waals surface area contributed by atoms with Crippen LogP contribution in [0.3, 0.4) is 0 Å². The molecule has 0 spiro atoms. The van der Waals surface area contributed by atoms with Crippen LogP contribution in [-0.2, 0) is 9.53 Å². The lowest BCUT2D eigenvalue weighted by molar-refractivity contribution is -0.104. The Morgan fingerprint density at radius 3 is 2.43 bits per heavy atom. The Morgan fingerprint density at radius 1 is 1.19 bits per heavy atom. The molecule has 1 aromatic carbocycles. The molecule has 0 aromatic heterocycles. The molecular weight excluding hydrogens is 266 g/mol. The van der Waals surface area contributed by atoms with E-state index in [1.807, 2.05) is 12.1 Å². The summed E-state index contributed by atoms with van der Waals surface area (Å²) in [6.45, 7) is 0. The average molecular weight is 283 g/mol. The highest BCUT2D eigenvalue weighted by Gasteiger charge is 2.23. The first-order chi connectivity index (χ1) is 10.2. The van der Waals surface area contributed by atoms with Crippen LogP contribution in [0.1, 0.15) is 41.6 Å². The highest BCUT2D eigenvalue weighted by molar-refractivity contribution is 5.89. The number of hydrogen-bond donors (Lipinski definition) is 0. The Morgan fingerprint density at radius 2 is 1.86 bits per heavy atom. The van der Waals surface area contributed by atoms with Crippen molar-refractivity contribution < 1.29 is 14.3 Å². The smallest absolute Gasteiger partial charge is 0.338 e. The predicted octanol–water partition coefficient (Wildman–Crippen LogP) is 3.03. The third-order valence-corrected chi connectivity index (χ3v) is 3.70. The van der Waals surface area contributed by atoms with E-state index in [1.54, 1.807) is 24.3 Å². The van der Waals surface area contributed by atoms with Crippen LogP contribution in [-0.4, -0.2) is 18.4 Å². The van der Waals surface area contributed by atoms with Gasteiger partial charge in [0.05, 0.1) is 17.2 Å². The van der Waals surface area contributed by atoms with Crippen molar-refractivity contribution in [2.75, 3.05) is 0 Å². The maximum absolute atomic E-state index is 12.0. The van der Waals surface area contributed by atoms with E-state index in [-0.39, 0.29) is 12.1 Å². The average Bonchev–Trinajstić information content (AvgIpc) is 2.54. The maximum Gasteiger partial charge on any atom is 0.338 e. The minimum atomic E-state index is -0.341. The fourth-order valence-electron chi connectivity index (χ4n) is 2.50. The van der Waals surface area contributed by atoms with Gasteiger partial charge in [-0.05, 0) is 61.9 Å². The van der Waals surface area contributed by atoms with E-state index in [4.69, 9.17) is 10.00 Å². The van der Waals surface area contributed by atoms with Gasteiger partial charge in [-0.3, -0.25) is 4.79 Å². The highest BCUT2D eigenvalue weighted by atomic mass is 16.5. The zero-order valence-electron chi connectivity index (χ0n) is 11.7. The molecule has 0 N–H and O–H groups in total. The summed E-state index contributed by atoms with van der Waals surface area (Å²) in [6.07, 6.45) is 7.67. The summed E-state index contributed by atoms with van der Waals surface area (Å²) in [5.41, 5.74) is 0.992. The normalized spacial score (nSPS) is 21.7. The van der Waals surface area contributed by atoms with E-state index in [0.717, 1.165) is 32.0 Å². The van der Waals surface area contributed by atoms with Crippen LogP contribution >= 0.6 is 0 Å². The summed E-state index contributed by atoms with van der Waals surface area (Å²) in [5.74, 6) is 0.0615. The highest BCUT2D eigenvalue weighted by Crippen LogP contribution is 2.27. The molecule has 0 atom stereocenters. The van der Waals surface area contributed by atoms with Crippen molar-refractivity contribution >= 4 is 12.3 Å². The molecule has 0 saturated heterocycles. The molecule has 1 aliphatic rings. The number of rotatable bonds is 4. The molecule has 2 rings (SSSR count). The summed E-state index contributed by atoms with van der Waals surface area (Å²) in [6, 6.07) is 8.45. The van der Waals surface area contributed by atoms with Crippen molar-refractivity contribution in [2.24, 2.45) is 5.92 Å². The monoisotopic (exact) mass is 283 g/mol. The molecule has 0 unspecified atom stereocenters. The van der Waals surface area contributed by atoms with Crippen molar-refractivity contribution in [3.05, 3.63) is 47.5 Å². The molecule has 0 heterocycles. The van der Waals surface area contributed by atoms with Crippen LogP contribution in [0, 0.1) is 17.2 Å². The van der Waals surface area contributed by atoms with E-state index in [1.165, 1.54) is 6.08 Å². The predicted molar refractivity (Wildman–Crippen MR) is 77.5 cm³/mol. The second-order valence-corrected chi connectivity index (χ2v) is 5.15. The zero-order valence-corrected chi connectivity index (χ0v) is 11.7. The minimum absolute atomic E-state index is 0.0611. The van der Waals surface area contributed by atoms with Gasteiger partial charge in [0, 0.05) is 0 Å². The van der Waals surface area contributed by atoms with Gasteiger partial charge in [0.15, 0.2) is 0 Å². The molecule has 1 aliphatic carbocycles. The first-order valence-corrected chi connectivity index (χ1v) is 7.06. The molecule has 4 nitrogen and oxygen atoms in total. The zero-order chi connectivity index (χ0) is 15.1. The largest absolute Gasteiger partial charge is 0.459 e. The van der Waals surface area contributed by atoms with Gasteiger partial charge in [-0.15, -0.1) is 0 Å². The van der Waals surface area contributed by atoms with Crippen LogP contribution in [0.5, 0.6) is 0 Å². The van der Waals surface area contributed by atoms with Crippen LogP contribution in [0.15, 0.2) is 36.4 Å². The van der Waals surface area contributed by atoms with E-state index in [9.17, 15) is 9.59 Å². The van der Waals surface area contributed by atoms with Gasteiger partial charge in [-0.1, -0.05) is 6.08 Å². The van der Waals surface area contributed by atoms with Crippen LogP contribution < -0.4 is 0 Å². The van der Waals surface area contributed by atoms with Gasteiger partial charge < -0.3 is 4.74 Å². The first kappa shape index (κ1) is 15.0. The number of nitrogens with zero attached hydrogens (tertiary/aromatic N) is 1. The standard InChI is InChI=1S/C17H17NO3/c18-12-14-3-7-15(8-4-14)17(20)21-16-9-5-13(6-10-16)2-1-11-19/h1-4,7-8,11,13,16H,5-6,9-10H2/b2-1+/t13-,16-. The van der Waals surface area contributed by atoms with Crippen LogP contribution in [0.4, 0.5) is 0 Å². The Bertz CT molecular complexity index is 561. The van der Waals surface area contributed by atoms with Crippen molar-refractivity contribution in [3.63, 3.8) is 0 Å². The molecule has 0 radical (unpaired) electrons. The molecular formula is C17H17NO3. The number of carbonyl (C=O) groups excluding carboxylic acids is 2. The minimum Gasteiger partial charge on any atom is -0.459 e. The van der Waals surface area contributed by atoms with E-state index in [0.29, 0.717) is 17.0 Å². The Kier molecular flexibility index (Phi) is 5.28. The number of hydrogen-bond acceptors (Lipinski definition) is 4. The lowest BCUT2D eigenvalue weighted by atomic mass is 9.87. The fraction of sp³-hybridized carbons (Fsp3) is 0.353. The number of ether oxygens (including phenoxy) is 1. The lowest BCUT2D eigenvalue weighted by Crippen LogP contribution is -2.24. The molecule has 21 heavy (non-hydrogen) atoms. The van der Waals surface area contributed by atoms with E-state index >= 15 is 0 Å². The molecule has 1 aromatic rings. The van der Waals surface area contributed by atoms with Gasteiger partial charge in [-0.2, -0.15) is 5.26 Å². The number of carbonyl (C=O) groups is 2. The second-order valence-electron chi connectivity index (χ2n) is 5.15. The summed E-state index contributed by atoms with van der Waals surface area (Å²) in [4.78, 5) is 22.3. The lowest BCUT2D eigenvalue weighted by Gasteiger charge is -2.26. The molecule has 0 amide bonds. The Balaban J connectivity index is 1.85. The summed E-state index contributed by atoms with van der Waals surface area (Å²) >= 11 is 0. The Hall–Kier alpha value is -2.41. The van der Waals surface area contributed by atoms with Gasteiger partial charge in [0.2, 0.25) is 0 Å². The molecule has 4 heteroatoms. The van der Waals surface area contributed by atoms with Crippen molar-refractivity contribution in [1.29, 1.82) is 5.26 Å². The number of aldehydes is 1. The first-order valence-electron chi connectivity index (χ1n) is 7.06. The molecule has 1 saturated carbocycles. The SMILES string of the molecule is N#Cc1ccc(C(=O)O[C@H]2CC[C@H](/C=C/C=O)CC2)cc1. The van der Waals surface area contributed by atoms with Crippen LogP contribution in [0.2, 0.25) is 0 Å². The van der Waals surface area contributed by atoms with Gasteiger partial charge in [0.1, 0.15) is 12.4 Å². The quantitative estimate of drug-likeness (QED) is 0.484. The third-order valence-electron chi connectivity index (χ3n) is 3.70. The van der Waals surface area contributed by atoms with Crippen molar-refractivity contribution in [2.45, 2.75) is 31.8 Å². The van der Waals surface area contributed by atoms with Crippen LogP contribution in [0.25, 0.3) is 0 Å². The van der Waals surface area contributed by atoms with Crippen molar-refractivity contribution in [3.8, 4) is 6.07 Å². The summed E-state index contributed by atoms with van der Waals surface area (Å²) < 4.78 is 5.49. The van der Waals surface area contributed by atoms with Gasteiger partial charge >= 0.3 is 5.97 Å². The summed E-state index contributed by atoms with van der Waals surface area (Å²) in [7, 11) is 0. The Labute approximate surface area is 124 Å². The molecule has 0 bridgehead atoms. The third kappa shape index (κ3) is 4.28. The van der Waals surface area contributed by atoms with E-state index in [2.05, 4.69) is 0 Å². The fourth-order valence-corrected chi connectivity index (χ4v) is 2.50.